The lowest BCUT2D eigenvalue weighted by atomic mass is 9.97. The molecule has 1 aliphatic heterocycles. The van der Waals surface area contributed by atoms with E-state index >= 15 is 0 Å². The van der Waals surface area contributed by atoms with Gasteiger partial charge in [-0.2, -0.15) is 0 Å². The van der Waals surface area contributed by atoms with Crippen LogP contribution in [0.4, 0.5) is 5.69 Å². The number of nitrogens with zero attached hydrogens (tertiary/aromatic N) is 1. The Bertz CT molecular complexity index is 400. The van der Waals surface area contributed by atoms with Gasteiger partial charge in [0, 0.05) is 24.3 Å². The summed E-state index contributed by atoms with van der Waals surface area (Å²) in [6.07, 6.45) is 3.72. The molecule has 0 amide bonds. The Balaban J connectivity index is 2.16. The second-order valence-electron chi connectivity index (χ2n) is 5.70. The fraction of sp³-hybridized carbons (Fsp3) is 0.625. The summed E-state index contributed by atoms with van der Waals surface area (Å²) in [4.78, 5) is 2.59. The Morgan fingerprint density at radius 1 is 1.33 bits per heavy atom. The van der Waals surface area contributed by atoms with Gasteiger partial charge < -0.3 is 10.2 Å². The van der Waals surface area contributed by atoms with Gasteiger partial charge in [-0.15, -0.1) is 0 Å². The smallest absolute Gasteiger partial charge is 0.0401 e. The van der Waals surface area contributed by atoms with E-state index in [4.69, 9.17) is 0 Å². The number of benzene rings is 1. The molecule has 1 aliphatic rings. The number of aryl methyl sites for hydroxylation is 2. The molecule has 1 heterocycles. The second-order valence-corrected chi connectivity index (χ2v) is 5.70. The normalized spacial score (nSPS) is 18.3. The van der Waals surface area contributed by atoms with Crippen LogP contribution >= 0.6 is 0 Å². The van der Waals surface area contributed by atoms with Crippen LogP contribution in [0.3, 0.4) is 0 Å². The van der Waals surface area contributed by atoms with Gasteiger partial charge in [-0.1, -0.05) is 17.7 Å². The largest absolute Gasteiger partial charge is 0.369 e. The molecule has 0 fully saturated rings. The van der Waals surface area contributed by atoms with Crippen molar-refractivity contribution >= 4 is 5.69 Å². The SMILES string of the molecule is CNC(C)CC(C)N1CCCc2cc(C)ccc21. The molecule has 1 aromatic carbocycles. The van der Waals surface area contributed by atoms with E-state index in [1.807, 2.05) is 7.05 Å². The van der Waals surface area contributed by atoms with Crippen molar-refractivity contribution in [3.8, 4) is 0 Å². The molecule has 0 saturated carbocycles. The average Bonchev–Trinajstić information content (AvgIpc) is 2.37. The van der Waals surface area contributed by atoms with Gasteiger partial charge in [0.15, 0.2) is 0 Å². The van der Waals surface area contributed by atoms with Gasteiger partial charge in [-0.25, -0.2) is 0 Å². The third-order valence-electron chi connectivity index (χ3n) is 4.11. The number of fused-ring (bicyclic) bond motifs is 1. The minimum Gasteiger partial charge on any atom is -0.369 e. The third kappa shape index (κ3) is 2.86. The monoisotopic (exact) mass is 246 g/mol. The summed E-state index contributed by atoms with van der Waals surface area (Å²) >= 11 is 0. The van der Waals surface area contributed by atoms with E-state index in [1.165, 1.54) is 42.6 Å². The maximum atomic E-state index is 3.34. The van der Waals surface area contributed by atoms with E-state index in [0.717, 1.165) is 0 Å². The van der Waals surface area contributed by atoms with E-state index < -0.39 is 0 Å². The molecule has 2 heteroatoms. The summed E-state index contributed by atoms with van der Waals surface area (Å²) in [6.45, 7) is 8.00. The first-order valence-electron chi connectivity index (χ1n) is 7.15. The summed E-state index contributed by atoms with van der Waals surface area (Å²) in [6, 6.07) is 8.09. The van der Waals surface area contributed by atoms with E-state index in [9.17, 15) is 0 Å². The molecule has 2 nitrogen and oxygen atoms in total. The molecule has 0 radical (unpaired) electrons. The molecule has 1 N–H and O–H groups in total. The van der Waals surface area contributed by atoms with Gasteiger partial charge in [0.1, 0.15) is 0 Å². The maximum absolute atomic E-state index is 3.34. The Morgan fingerprint density at radius 2 is 2.11 bits per heavy atom. The van der Waals surface area contributed by atoms with Gasteiger partial charge in [0.05, 0.1) is 0 Å². The van der Waals surface area contributed by atoms with Crippen LogP contribution in [0, 0.1) is 6.92 Å². The van der Waals surface area contributed by atoms with Crippen LogP contribution in [-0.4, -0.2) is 25.7 Å². The molecule has 100 valence electrons. The average molecular weight is 246 g/mol. The molecular weight excluding hydrogens is 220 g/mol. The minimum absolute atomic E-state index is 0.579. The van der Waals surface area contributed by atoms with Crippen molar-refractivity contribution in [1.29, 1.82) is 0 Å². The molecule has 0 spiro atoms. The summed E-state index contributed by atoms with van der Waals surface area (Å²) in [5.74, 6) is 0. The molecule has 1 aromatic rings. The molecule has 2 rings (SSSR count). The van der Waals surface area contributed by atoms with Crippen LogP contribution < -0.4 is 10.2 Å². The Hall–Kier alpha value is -1.02. The first-order chi connectivity index (χ1) is 8.61. The molecule has 0 saturated heterocycles. The first kappa shape index (κ1) is 13.4. The highest BCUT2D eigenvalue weighted by Gasteiger charge is 2.22. The zero-order valence-corrected chi connectivity index (χ0v) is 12.2. The van der Waals surface area contributed by atoms with Gasteiger partial charge in [0.2, 0.25) is 0 Å². The van der Waals surface area contributed by atoms with E-state index in [-0.39, 0.29) is 0 Å². The van der Waals surface area contributed by atoms with Crippen molar-refractivity contribution in [2.45, 2.75) is 52.1 Å². The van der Waals surface area contributed by atoms with Crippen LogP contribution in [-0.2, 0) is 6.42 Å². The van der Waals surface area contributed by atoms with Crippen molar-refractivity contribution in [2.24, 2.45) is 0 Å². The quantitative estimate of drug-likeness (QED) is 0.878. The van der Waals surface area contributed by atoms with Gasteiger partial charge in [-0.3, -0.25) is 0 Å². The van der Waals surface area contributed by atoms with Crippen molar-refractivity contribution in [2.75, 3.05) is 18.5 Å². The Labute approximate surface area is 111 Å². The molecule has 0 bridgehead atoms. The van der Waals surface area contributed by atoms with Crippen molar-refractivity contribution in [1.82, 2.24) is 5.32 Å². The van der Waals surface area contributed by atoms with Crippen LogP contribution in [0.2, 0.25) is 0 Å². The highest BCUT2D eigenvalue weighted by molar-refractivity contribution is 5.57. The number of hydrogen-bond donors (Lipinski definition) is 1. The molecule has 2 atom stereocenters. The maximum Gasteiger partial charge on any atom is 0.0401 e. The van der Waals surface area contributed by atoms with Crippen LogP contribution in [0.15, 0.2) is 18.2 Å². The van der Waals surface area contributed by atoms with Crippen molar-refractivity contribution in [3.63, 3.8) is 0 Å². The zero-order chi connectivity index (χ0) is 13.1. The van der Waals surface area contributed by atoms with Crippen LogP contribution in [0.5, 0.6) is 0 Å². The van der Waals surface area contributed by atoms with E-state index in [1.54, 1.807) is 0 Å². The second kappa shape index (κ2) is 5.75. The standard InChI is InChI=1S/C16H26N2/c1-12-7-8-16-15(10-12)6-5-9-18(16)14(3)11-13(2)17-4/h7-8,10,13-14,17H,5-6,9,11H2,1-4H3. The van der Waals surface area contributed by atoms with E-state index in [0.29, 0.717) is 12.1 Å². The Kier molecular flexibility index (Phi) is 4.28. The van der Waals surface area contributed by atoms with Gasteiger partial charge in [0.25, 0.3) is 0 Å². The lowest BCUT2D eigenvalue weighted by Gasteiger charge is -2.37. The Morgan fingerprint density at radius 3 is 2.83 bits per heavy atom. The zero-order valence-electron chi connectivity index (χ0n) is 12.2. The predicted molar refractivity (Wildman–Crippen MR) is 79.4 cm³/mol. The number of anilines is 1. The molecule has 0 aromatic heterocycles. The van der Waals surface area contributed by atoms with Crippen LogP contribution in [0.1, 0.15) is 37.8 Å². The van der Waals surface area contributed by atoms with Crippen molar-refractivity contribution < 1.29 is 0 Å². The number of rotatable bonds is 4. The number of hydrogen-bond acceptors (Lipinski definition) is 2. The fourth-order valence-electron chi connectivity index (χ4n) is 2.97. The minimum atomic E-state index is 0.579. The van der Waals surface area contributed by atoms with Crippen LogP contribution in [0.25, 0.3) is 0 Å². The lowest BCUT2D eigenvalue weighted by molar-refractivity contribution is 0.477. The predicted octanol–water partition coefficient (Wildman–Crippen LogP) is 3.13. The summed E-state index contributed by atoms with van der Waals surface area (Å²) < 4.78 is 0. The lowest BCUT2D eigenvalue weighted by Crippen LogP contribution is -2.40. The summed E-state index contributed by atoms with van der Waals surface area (Å²) in [5, 5.41) is 3.34. The summed E-state index contributed by atoms with van der Waals surface area (Å²) in [7, 11) is 2.05. The molecular formula is C16H26N2. The topological polar surface area (TPSA) is 15.3 Å². The first-order valence-corrected chi connectivity index (χ1v) is 7.15. The van der Waals surface area contributed by atoms with E-state index in [2.05, 4.69) is 49.2 Å². The third-order valence-corrected chi connectivity index (χ3v) is 4.11. The van der Waals surface area contributed by atoms with Gasteiger partial charge in [-0.05, 0) is 58.7 Å². The number of nitrogens with one attached hydrogen (secondary N) is 1. The molecule has 0 aliphatic carbocycles. The fourth-order valence-corrected chi connectivity index (χ4v) is 2.97. The molecule has 18 heavy (non-hydrogen) atoms. The molecule has 2 unspecified atom stereocenters. The van der Waals surface area contributed by atoms with Gasteiger partial charge >= 0.3 is 0 Å². The highest BCUT2D eigenvalue weighted by atomic mass is 15.2. The van der Waals surface area contributed by atoms with Crippen molar-refractivity contribution in [3.05, 3.63) is 29.3 Å². The summed E-state index contributed by atoms with van der Waals surface area (Å²) in [5.41, 5.74) is 4.37. The highest BCUT2D eigenvalue weighted by Crippen LogP contribution is 2.30.